The number of carbonyl (C=O) groups excluding carboxylic acids is 2. The molecule has 0 bridgehead atoms. The van der Waals surface area contributed by atoms with Crippen molar-refractivity contribution >= 4 is 28.0 Å². The van der Waals surface area contributed by atoms with E-state index in [2.05, 4.69) is 15.9 Å². The summed E-state index contributed by atoms with van der Waals surface area (Å²) in [6.45, 7) is 1.49. The smallest absolute Gasteiger partial charge is 0.160 e. The molecule has 62 valence electrons. The lowest BCUT2D eigenvalue weighted by Crippen LogP contribution is -1.94. The maximum absolute atomic E-state index is 10.9. The predicted octanol–water partition coefficient (Wildman–Crippen LogP) is 2.46. The minimum absolute atomic E-state index is 0.0145. The van der Waals surface area contributed by atoms with Gasteiger partial charge in [0.05, 0.1) is 0 Å². The molecule has 0 atom stereocenters. The number of carbonyl (C=O) groups is 2. The fourth-order valence-corrected chi connectivity index (χ4v) is 1.57. The highest BCUT2D eigenvalue weighted by Gasteiger charge is 2.04. The van der Waals surface area contributed by atoms with Crippen LogP contribution in [0.25, 0.3) is 0 Å². The summed E-state index contributed by atoms with van der Waals surface area (Å²) in [5.74, 6) is -0.0145. The van der Waals surface area contributed by atoms with Crippen molar-refractivity contribution in [2.45, 2.75) is 6.92 Å². The number of ketones is 1. The van der Waals surface area contributed by atoms with Gasteiger partial charge in [-0.2, -0.15) is 0 Å². The Morgan fingerprint density at radius 2 is 2.17 bits per heavy atom. The molecule has 0 amide bonds. The standard InChI is InChI=1S/C9H7BrO2/c1-6(12)8-3-2-7(5-11)4-9(8)10/h2-5H,1H3. The van der Waals surface area contributed by atoms with Crippen LogP contribution in [0.3, 0.4) is 0 Å². The van der Waals surface area contributed by atoms with Gasteiger partial charge in [-0.05, 0) is 19.1 Å². The lowest BCUT2D eigenvalue weighted by Gasteiger charge is -1.99. The Morgan fingerprint density at radius 1 is 1.50 bits per heavy atom. The van der Waals surface area contributed by atoms with Gasteiger partial charge >= 0.3 is 0 Å². The van der Waals surface area contributed by atoms with Crippen LogP contribution in [0.4, 0.5) is 0 Å². The van der Waals surface area contributed by atoms with Crippen LogP contribution in [0, 0.1) is 0 Å². The van der Waals surface area contributed by atoms with Crippen molar-refractivity contribution in [2.75, 3.05) is 0 Å². The number of hydrogen-bond donors (Lipinski definition) is 0. The van der Waals surface area contributed by atoms with E-state index in [0.717, 1.165) is 6.29 Å². The molecule has 0 heterocycles. The van der Waals surface area contributed by atoms with Crippen molar-refractivity contribution in [1.29, 1.82) is 0 Å². The van der Waals surface area contributed by atoms with Gasteiger partial charge in [-0.1, -0.05) is 22.0 Å². The van der Waals surface area contributed by atoms with Crippen molar-refractivity contribution in [3.05, 3.63) is 33.8 Å². The first-order valence-electron chi connectivity index (χ1n) is 3.41. The van der Waals surface area contributed by atoms with Gasteiger partial charge < -0.3 is 0 Å². The zero-order valence-electron chi connectivity index (χ0n) is 6.50. The summed E-state index contributed by atoms with van der Waals surface area (Å²) in [4.78, 5) is 21.3. The van der Waals surface area contributed by atoms with Crippen LogP contribution in [-0.2, 0) is 0 Å². The second kappa shape index (κ2) is 3.63. The van der Waals surface area contributed by atoms with Gasteiger partial charge in [0.1, 0.15) is 6.29 Å². The van der Waals surface area contributed by atoms with Crippen LogP contribution in [0.2, 0.25) is 0 Å². The highest BCUT2D eigenvalue weighted by molar-refractivity contribution is 9.10. The van der Waals surface area contributed by atoms with Gasteiger partial charge in [0.25, 0.3) is 0 Å². The van der Waals surface area contributed by atoms with Crippen LogP contribution in [0.15, 0.2) is 22.7 Å². The molecule has 0 saturated heterocycles. The van der Waals surface area contributed by atoms with E-state index in [-0.39, 0.29) is 5.78 Å². The van der Waals surface area contributed by atoms with Crippen LogP contribution in [-0.4, -0.2) is 12.1 Å². The summed E-state index contributed by atoms with van der Waals surface area (Å²) in [6.07, 6.45) is 0.745. The molecule has 0 unspecified atom stereocenters. The lowest BCUT2D eigenvalue weighted by molar-refractivity contribution is 0.101. The van der Waals surface area contributed by atoms with Gasteiger partial charge in [0.15, 0.2) is 5.78 Å². The number of Topliss-reactive ketones (excluding diaryl/α,β-unsaturated/α-hetero) is 1. The average Bonchev–Trinajstić information content (AvgIpc) is 2.03. The fraction of sp³-hybridized carbons (Fsp3) is 0.111. The minimum atomic E-state index is -0.0145. The molecular weight excluding hydrogens is 220 g/mol. The van der Waals surface area contributed by atoms with E-state index in [1.807, 2.05) is 0 Å². The van der Waals surface area contributed by atoms with Crippen molar-refractivity contribution < 1.29 is 9.59 Å². The molecule has 2 nitrogen and oxygen atoms in total. The molecule has 0 N–H and O–H groups in total. The number of rotatable bonds is 2. The Labute approximate surface area is 78.7 Å². The second-order valence-electron chi connectivity index (χ2n) is 2.41. The third kappa shape index (κ3) is 1.80. The van der Waals surface area contributed by atoms with Crippen molar-refractivity contribution in [1.82, 2.24) is 0 Å². The molecule has 0 aliphatic rings. The molecule has 0 aliphatic heterocycles. The summed E-state index contributed by atoms with van der Waals surface area (Å²) in [5, 5.41) is 0. The third-order valence-electron chi connectivity index (χ3n) is 1.51. The maximum Gasteiger partial charge on any atom is 0.160 e. The van der Waals surface area contributed by atoms with E-state index in [1.165, 1.54) is 6.92 Å². The Balaban J connectivity index is 3.20. The molecule has 0 spiro atoms. The Hall–Kier alpha value is -0.960. The van der Waals surface area contributed by atoms with E-state index in [1.54, 1.807) is 18.2 Å². The molecule has 0 fully saturated rings. The SMILES string of the molecule is CC(=O)c1ccc(C=O)cc1Br. The van der Waals surface area contributed by atoms with Gasteiger partial charge in [0, 0.05) is 15.6 Å². The molecule has 1 aromatic carbocycles. The Bertz CT molecular complexity index is 331. The van der Waals surface area contributed by atoms with E-state index in [9.17, 15) is 9.59 Å². The minimum Gasteiger partial charge on any atom is -0.298 e. The maximum atomic E-state index is 10.9. The summed E-state index contributed by atoms with van der Waals surface area (Å²) in [7, 11) is 0. The largest absolute Gasteiger partial charge is 0.298 e. The first kappa shape index (κ1) is 9.13. The average molecular weight is 227 g/mol. The molecule has 3 heteroatoms. The summed E-state index contributed by atoms with van der Waals surface area (Å²) >= 11 is 3.21. The number of halogens is 1. The summed E-state index contributed by atoms with van der Waals surface area (Å²) < 4.78 is 0.666. The second-order valence-corrected chi connectivity index (χ2v) is 3.27. The Morgan fingerprint density at radius 3 is 2.58 bits per heavy atom. The van der Waals surface area contributed by atoms with E-state index in [0.29, 0.717) is 15.6 Å². The highest BCUT2D eigenvalue weighted by atomic mass is 79.9. The van der Waals surface area contributed by atoms with Crippen molar-refractivity contribution in [3.63, 3.8) is 0 Å². The number of hydrogen-bond acceptors (Lipinski definition) is 2. The molecule has 1 rings (SSSR count). The number of benzene rings is 1. The Kier molecular flexibility index (Phi) is 2.76. The lowest BCUT2D eigenvalue weighted by atomic mass is 10.1. The quantitative estimate of drug-likeness (QED) is 0.574. The topological polar surface area (TPSA) is 34.1 Å². The van der Waals surface area contributed by atoms with Crippen LogP contribution >= 0.6 is 15.9 Å². The van der Waals surface area contributed by atoms with Crippen LogP contribution < -0.4 is 0 Å². The molecule has 0 saturated carbocycles. The van der Waals surface area contributed by atoms with E-state index in [4.69, 9.17) is 0 Å². The molecule has 1 aromatic rings. The highest BCUT2D eigenvalue weighted by Crippen LogP contribution is 2.18. The van der Waals surface area contributed by atoms with Crippen molar-refractivity contribution in [2.24, 2.45) is 0 Å². The first-order chi connectivity index (χ1) is 5.65. The molecule has 0 aliphatic carbocycles. The molecule has 12 heavy (non-hydrogen) atoms. The van der Waals surface area contributed by atoms with Gasteiger partial charge in [-0.25, -0.2) is 0 Å². The van der Waals surface area contributed by atoms with Gasteiger partial charge in [0.2, 0.25) is 0 Å². The zero-order valence-corrected chi connectivity index (χ0v) is 8.09. The third-order valence-corrected chi connectivity index (χ3v) is 2.16. The fourth-order valence-electron chi connectivity index (χ4n) is 0.890. The van der Waals surface area contributed by atoms with E-state index >= 15 is 0 Å². The number of aldehydes is 1. The molecular formula is C9H7BrO2. The van der Waals surface area contributed by atoms with Crippen LogP contribution in [0.5, 0.6) is 0 Å². The van der Waals surface area contributed by atoms with Crippen molar-refractivity contribution in [3.8, 4) is 0 Å². The molecule has 0 radical (unpaired) electrons. The molecule has 0 aromatic heterocycles. The van der Waals surface area contributed by atoms with Gasteiger partial charge in [-0.15, -0.1) is 0 Å². The monoisotopic (exact) mass is 226 g/mol. The van der Waals surface area contributed by atoms with Crippen LogP contribution in [0.1, 0.15) is 27.6 Å². The van der Waals surface area contributed by atoms with E-state index < -0.39 is 0 Å². The summed E-state index contributed by atoms with van der Waals surface area (Å²) in [6, 6.07) is 4.88. The van der Waals surface area contributed by atoms with Gasteiger partial charge in [-0.3, -0.25) is 9.59 Å². The predicted molar refractivity (Wildman–Crippen MR) is 49.5 cm³/mol. The normalized spacial score (nSPS) is 9.50. The zero-order chi connectivity index (χ0) is 9.14. The first-order valence-corrected chi connectivity index (χ1v) is 4.20. The summed E-state index contributed by atoms with van der Waals surface area (Å²) in [5.41, 5.74) is 1.16.